The molecule has 0 unspecified atom stereocenters. The topological polar surface area (TPSA) is 46.4 Å². The number of benzene rings is 5. The van der Waals surface area contributed by atoms with E-state index in [1.165, 1.54) is 72.7 Å². The molecule has 1 aliphatic carbocycles. The smallest absolute Gasteiger partial charge is 0.137 e. The van der Waals surface area contributed by atoms with Crippen LogP contribution >= 0.6 is 0 Å². The first-order valence-corrected chi connectivity index (χ1v) is 23.3. The number of anilines is 3. The summed E-state index contributed by atoms with van der Waals surface area (Å²) in [5.74, 6) is 2.40. The van der Waals surface area contributed by atoms with E-state index in [0.29, 0.717) is 0 Å². The van der Waals surface area contributed by atoms with Crippen molar-refractivity contribution in [2.45, 2.75) is 110 Å². The predicted octanol–water partition coefficient (Wildman–Crippen LogP) is 14.8. The molecule has 5 aromatic carbocycles. The SMILES string of the molecule is CN1CN2c3cc(Oc4ccc5c6ncccc6n(-c6ccccn6)c5c4)ccc3C3(c4cccc1c42)c1c(cc(C(C)(C)C)cc1C(C)(C)C)-c1cc(C(C)(C)C)cc(C(C)(C)C)c13. The largest absolute Gasteiger partial charge is 0.457 e. The summed E-state index contributed by atoms with van der Waals surface area (Å²) in [7, 11) is 2.23. The molecule has 0 atom stereocenters. The van der Waals surface area contributed by atoms with Gasteiger partial charge in [0.05, 0.1) is 45.7 Å². The summed E-state index contributed by atoms with van der Waals surface area (Å²) in [6.07, 6.45) is 3.70. The van der Waals surface area contributed by atoms with E-state index in [4.69, 9.17) is 14.7 Å². The van der Waals surface area contributed by atoms with E-state index in [-0.39, 0.29) is 21.7 Å². The Morgan fingerprint density at radius 3 is 1.78 bits per heavy atom. The van der Waals surface area contributed by atoms with Gasteiger partial charge in [-0.2, -0.15) is 0 Å². The van der Waals surface area contributed by atoms with Crippen LogP contribution in [0.25, 0.3) is 38.9 Å². The van der Waals surface area contributed by atoms with E-state index in [2.05, 4.69) is 189 Å². The summed E-state index contributed by atoms with van der Waals surface area (Å²) in [4.78, 5) is 14.5. The summed E-state index contributed by atoms with van der Waals surface area (Å²) >= 11 is 0. The van der Waals surface area contributed by atoms with Crippen molar-refractivity contribution in [1.29, 1.82) is 0 Å². The normalized spacial score (nSPS) is 15.2. The highest BCUT2D eigenvalue weighted by Crippen LogP contribution is 2.68. The van der Waals surface area contributed by atoms with E-state index in [1.54, 1.807) is 0 Å². The Bertz CT molecular complexity index is 3190. The van der Waals surface area contributed by atoms with Crippen LogP contribution in [0.1, 0.15) is 128 Å². The van der Waals surface area contributed by atoms with Crippen LogP contribution in [0.5, 0.6) is 11.5 Å². The number of nitrogens with zero attached hydrogens (tertiary/aromatic N) is 5. The van der Waals surface area contributed by atoms with Gasteiger partial charge in [-0.05, 0) is 126 Å². The van der Waals surface area contributed by atoms with Crippen LogP contribution in [0.3, 0.4) is 0 Å². The Hall–Kier alpha value is -6.40. The highest BCUT2D eigenvalue weighted by atomic mass is 16.5. The van der Waals surface area contributed by atoms with Crippen molar-refractivity contribution >= 4 is 39.0 Å². The van der Waals surface area contributed by atoms with Crippen molar-refractivity contribution < 1.29 is 4.74 Å². The molecule has 2 aliphatic heterocycles. The molecule has 0 amide bonds. The van der Waals surface area contributed by atoms with Crippen LogP contribution in [0.2, 0.25) is 0 Å². The van der Waals surface area contributed by atoms with E-state index in [0.717, 1.165) is 45.9 Å². The first-order valence-electron chi connectivity index (χ1n) is 23.3. The fourth-order valence-electron chi connectivity index (χ4n) is 11.2. The van der Waals surface area contributed by atoms with Crippen LogP contribution in [-0.4, -0.2) is 28.3 Å². The lowest BCUT2D eigenvalue weighted by Gasteiger charge is -2.46. The Kier molecular flexibility index (Phi) is 8.63. The summed E-state index contributed by atoms with van der Waals surface area (Å²) in [5.41, 5.74) is 19.4. The van der Waals surface area contributed by atoms with Crippen LogP contribution in [0, 0.1) is 0 Å². The Labute approximate surface area is 384 Å². The van der Waals surface area contributed by atoms with Gasteiger partial charge >= 0.3 is 0 Å². The number of para-hydroxylation sites is 1. The van der Waals surface area contributed by atoms with Gasteiger partial charge in [0, 0.05) is 37.0 Å². The second-order valence-corrected chi connectivity index (χ2v) is 22.9. The molecule has 0 N–H and O–H groups in total. The number of hydrogen-bond acceptors (Lipinski definition) is 5. The molecule has 0 bridgehead atoms. The average molecular weight is 856 g/mol. The maximum Gasteiger partial charge on any atom is 0.137 e. The summed E-state index contributed by atoms with van der Waals surface area (Å²) in [6, 6.07) is 40.7. The van der Waals surface area contributed by atoms with Crippen LogP contribution in [-0.2, 0) is 27.1 Å². The molecule has 65 heavy (non-hydrogen) atoms. The van der Waals surface area contributed by atoms with Gasteiger partial charge in [0.25, 0.3) is 0 Å². The maximum atomic E-state index is 7.02. The lowest BCUT2D eigenvalue weighted by atomic mass is 9.59. The minimum atomic E-state index is -0.612. The van der Waals surface area contributed by atoms with Gasteiger partial charge in [-0.1, -0.05) is 132 Å². The van der Waals surface area contributed by atoms with Gasteiger partial charge < -0.3 is 14.5 Å². The van der Waals surface area contributed by atoms with Crippen molar-refractivity contribution in [2.24, 2.45) is 0 Å². The lowest BCUT2D eigenvalue weighted by Crippen LogP contribution is -2.40. The predicted molar refractivity (Wildman–Crippen MR) is 270 cm³/mol. The van der Waals surface area contributed by atoms with Gasteiger partial charge in [-0.25, -0.2) is 4.98 Å². The van der Waals surface area contributed by atoms with E-state index in [9.17, 15) is 0 Å². The fraction of sp³-hybridized carbons (Fsp3) is 0.322. The fourth-order valence-corrected chi connectivity index (χ4v) is 11.2. The lowest BCUT2D eigenvalue weighted by molar-refractivity contribution is 0.482. The van der Waals surface area contributed by atoms with E-state index < -0.39 is 5.41 Å². The molecular weight excluding hydrogens is 795 g/mol. The van der Waals surface area contributed by atoms with Gasteiger partial charge in [0.1, 0.15) is 17.3 Å². The number of rotatable bonds is 3. The second-order valence-electron chi connectivity index (χ2n) is 22.9. The third-order valence-electron chi connectivity index (χ3n) is 14.4. The number of aromatic nitrogens is 3. The second kappa shape index (κ2) is 13.6. The molecule has 5 heterocycles. The van der Waals surface area contributed by atoms with Crippen LogP contribution < -0.4 is 14.5 Å². The van der Waals surface area contributed by atoms with Gasteiger partial charge in [-0.15, -0.1) is 0 Å². The third-order valence-corrected chi connectivity index (χ3v) is 14.4. The van der Waals surface area contributed by atoms with Crippen molar-refractivity contribution in [2.75, 3.05) is 23.5 Å². The van der Waals surface area contributed by atoms with Gasteiger partial charge in [0.2, 0.25) is 0 Å². The highest BCUT2D eigenvalue weighted by Gasteiger charge is 2.57. The molecule has 0 radical (unpaired) electrons. The molecule has 6 nitrogen and oxygen atoms in total. The zero-order valence-corrected chi connectivity index (χ0v) is 40.4. The van der Waals surface area contributed by atoms with E-state index >= 15 is 0 Å². The number of pyridine rings is 2. The molecule has 6 heteroatoms. The van der Waals surface area contributed by atoms with Crippen molar-refractivity contribution in [1.82, 2.24) is 14.5 Å². The first kappa shape index (κ1) is 41.3. The molecule has 8 aromatic rings. The molecule has 3 aromatic heterocycles. The zero-order chi connectivity index (χ0) is 45.7. The molecule has 0 fully saturated rings. The van der Waals surface area contributed by atoms with Gasteiger partial charge in [0.15, 0.2) is 0 Å². The molecule has 11 rings (SSSR count). The zero-order valence-electron chi connectivity index (χ0n) is 40.4. The van der Waals surface area contributed by atoms with Crippen molar-refractivity contribution in [3.05, 3.63) is 166 Å². The molecule has 328 valence electrons. The minimum Gasteiger partial charge on any atom is -0.457 e. The highest BCUT2D eigenvalue weighted by molar-refractivity contribution is 6.07. The van der Waals surface area contributed by atoms with Crippen LogP contribution in [0.4, 0.5) is 17.1 Å². The molecular formula is C59H61N5O. The maximum absolute atomic E-state index is 7.02. The molecule has 0 saturated carbocycles. The summed E-state index contributed by atoms with van der Waals surface area (Å²) in [6.45, 7) is 29.4. The molecule has 1 spiro atoms. The Balaban J connectivity index is 1.21. The van der Waals surface area contributed by atoms with Crippen molar-refractivity contribution in [3.63, 3.8) is 0 Å². The summed E-state index contributed by atoms with van der Waals surface area (Å²) < 4.78 is 9.21. The van der Waals surface area contributed by atoms with Crippen molar-refractivity contribution in [3.8, 4) is 28.4 Å². The summed E-state index contributed by atoms with van der Waals surface area (Å²) in [5, 5.41) is 1.06. The molecule has 0 saturated heterocycles. The Morgan fingerprint density at radius 1 is 0.538 bits per heavy atom. The first-order chi connectivity index (χ1) is 30.7. The quantitative estimate of drug-likeness (QED) is 0.177. The molecule has 3 aliphatic rings. The number of hydrogen-bond donors (Lipinski definition) is 0. The van der Waals surface area contributed by atoms with E-state index in [1.807, 2.05) is 36.7 Å². The Morgan fingerprint density at radius 2 is 1.17 bits per heavy atom. The minimum absolute atomic E-state index is 0.0465. The third kappa shape index (κ3) is 5.98. The number of ether oxygens (including phenoxy) is 1. The monoisotopic (exact) mass is 855 g/mol. The van der Waals surface area contributed by atoms with Gasteiger partial charge in [-0.3, -0.25) is 9.55 Å². The number of fused-ring (bicyclic) bond motifs is 12. The van der Waals surface area contributed by atoms with Crippen LogP contribution in [0.15, 0.2) is 122 Å². The standard InChI is InChI=1S/C59H61N5O/c1-55(2,3)35-28-40-41-29-36(56(4,5)6)31-45(58(10,11)12)52(41)59(51(40)44(30-35)57(7,8)9)42-25-23-38(33-49(42)63-34-62(13)47-19-16-18-43(59)54(47)63)65-37-22-24-39-48(32-37)64(50-21-14-15-26-60-50)46-20-17-27-61-53(39)46/h14-33H,34H2,1-13H3. The average Bonchev–Trinajstić information content (AvgIpc) is 3.87.